The number of fused-ring (bicyclic) bond motifs is 1. The summed E-state index contributed by atoms with van der Waals surface area (Å²) in [4.78, 5) is 25.0. The van der Waals surface area contributed by atoms with Gasteiger partial charge in [-0.3, -0.25) is 4.79 Å². The number of methoxy groups -OCH3 is 3. The van der Waals surface area contributed by atoms with Crippen molar-refractivity contribution in [1.82, 2.24) is 14.3 Å². The molecule has 0 N–H and O–H groups in total. The van der Waals surface area contributed by atoms with Gasteiger partial charge >= 0.3 is 5.97 Å². The summed E-state index contributed by atoms with van der Waals surface area (Å²) in [5.41, 5.74) is 1.12. The van der Waals surface area contributed by atoms with Crippen LogP contribution in [-0.2, 0) is 16.0 Å². The molecule has 0 atom stereocenters. The molecule has 0 unspecified atom stereocenters. The maximum atomic E-state index is 12.8. The molecule has 0 aliphatic carbocycles. The Hall–Kier alpha value is -3.13. The largest absolute Gasteiger partial charge is 0.497 e. The van der Waals surface area contributed by atoms with E-state index in [-0.39, 0.29) is 11.1 Å². The second-order valence-corrected chi connectivity index (χ2v) is 5.57. The van der Waals surface area contributed by atoms with Crippen molar-refractivity contribution in [2.45, 2.75) is 6.54 Å². The van der Waals surface area contributed by atoms with Crippen molar-refractivity contribution < 1.29 is 19.0 Å². The van der Waals surface area contributed by atoms with Crippen LogP contribution in [0.15, 0.2) is 41.5 Å². The van der Waals surface area contributed by atoms with Crippen molar-refractivity contribution in [3.8, 4) is 22.7 Å². The lowest BCUT2D eigenvalue weighted by Crippen LogP contribution is -2.16. The van der Waals surface area contributed by atoms with Gasteiger partial charge in [-0.1, -0.05) is 0 Å². The molecule has 0 spiro atoms. The second-order valence-electron chi connectivity index (χ2n) is 5.57. The smallest absolute Gasteiger partial charge is 0.341 e. The number of rotatable bonds is 6. The first-order valence-corrected chi connectivity index (χ1v) is 7.93. The van der Waals surface area contributed by atoms with Gasteiger partial charge in [0.1, 0.15) is 17.0 Å². The van der Waals surface area contributed by atoms with E-state index < -0.39 is 5.97 Å². The Morgan fingerprint density at radius 2 is 1.85 bits per heavy atom. The summed E-state index contributed by atoms with van der Waals surface area (Å²) < 4.78 is 18.0. The zero-order chi connectivity index (χ0) is 18.7. The number of carbonyl (C=O) groups excluding carboxylic acids is 1. The Labute approximate surface area is 149 Å². The second kappa shape index (κ2) is 7.40. The molecular formula is C18H19N3O5. The van der Waals surface area contributed by atoms with E-state index in [4.69, 9.17) is 14.2 Å². The van der Waals surface area contributed by atoms with E-state index in [1.54, 1.807) is 55.4 Å². The van der Waals surface area contributed by atoms with Gasteiger partial charge in [0, 0.05) is 26.0 Å². The Morgan fingerprint density at radius 3 is 2.46 bits per heavy atom. The molecular weight excluding hydrogens is 338 g/mol. The fourth-order valence-corrected chi connectivity index (χ4v) is 2.64. The van der Waals surface area contributed by atoms with Gasteiger partial charge in [-0.2, -0.15) is 9.78 Å². The van der Waals surface area contributed by atoms with Crippen LogP contribution in [-0.4, -0.2) is 48.3 Å². The maximum Gasteiger partial charge on any atom is 0.341 e. The molecule has 3 rings (SSSR count). The molecule has 2 aliphatic rings. The molecule has 2 heterocycles. The van der Waals surface area contributed by atoms with Crippen LogP contribution in [0.1, 0.15) is 10.4 Å². The van der Waals surface area contributed by atoms with Gasteiger partial charge in [0.15, 0.2) is 0 Å². The number of esters is 1. The molecule has 1 aromatic rings. The Bertz CT molecular complexity index is 943. The molecule has 1 aromatic carbocycles. The molecule has 8 nitrogen and oxygen atoms in total. The van der Waals surface area contributed by atoms with Gasteiger partial charge in [-0.25, -0.2) is 4.79 Å². The minimum atomic E-state index is -0.554. The Balaban J connectivity index is 2.17. The molecule has 2 aliphatic heterocycles. The van der Waals surface area contributed by atoms with E-state index in [1.165, 1.54) is 11.8 Å². The van der Waals surface area contributed by atoms with Gasteiger partial charge < -0.3 is 18.8 Å². The molecule has 0 aromatic heterocycles. The van der Waals surface area contributed by atoms with Crippen molar-refractivity contribution in [3.05, 3.63) is 52.6 Å². The first-order valence-electron chi connectivity index (χ1n) is 7.93. The van der Waals surface area contributed by atoms with Crippen LogP contribution in [0.5, 0.6) is 5.75 Å². The van der Waals surface area contributed by atoms with Crippen LogP contribution in [0.3, 0.4) is 0 Å². The highest BCUT2D eigenvalue weighted by Crippen LogP contribution is 2.23. The zero-order valence-electron chi connectivity index (χ0n) is 14.8. The van der Waals surface area contributed by atoms with Crippen LogP contribution in [0.4, 0.5) is 0 Å². The summed E-state index contributed by atoms with van der Waals surface area (Å²) in [6.07, 6.45) is 3.27. The lowest BCUT2D eigenvalue weighted by atomic mass is 10.1. The Morgan fingerprint density at radius 1 is 1.12 bits per heavy atom. The number of ether oxygens (including phenoxy) is 3. The molecule has 0 amide bonds. The third-order valence-corrected chi connectivity index (χ3v) is 4.00. The molecule has 0 saturated carbocycles. The third-order valence-electron chi connectivity index (χ3n) is 4.00. The number of aromatic nitrogens is 3. The quantitative estimate of drug-likeness (QED) is 0.623. The third kappa shape index (κ3) is 3.18. The Kier molecular flexibility index (Phi) is 5.04. The molecule has 0 fully saturated rings. The number of nitrogens with zero attached hydrogens (tertiary/aromatic N) is 3. The predicted molar refractivity (Wildman–Crippen MR) is 94.2 cm³/mol. The van der Waals surface area contributed by atoms with Crippen LogP contribution in [0.25, 0.3) is 16.9 Å². The first kappa shape index (κ1) is 17.7. The average Bonchev–Trinajstić information content (AvgIpc) is 3.02. The van der Waals surface area contributed by atoms with Crippen LogP contribution in [0, 0.1) is 0 Å². The van der Waals surface area contributed by atoms with Gasteiger partial charge in [-0.15, -0.1) is 0 Å². The van der Waals surface area contributed by atoms with E-state index >= 15 is 0 Å². The molecule has 0 bridgehead atoms. The van der Waals surface area contributed by atoms with Gasteiger partial charge in [0.05, 0.1) is 32.1 Å². The lowest BCUT2D eigenvalue weighted by molar-refractivity contribution is 0.0600. The monoisotopic (exact) mass is 357 g/mol. The van der Waals surface area contributed by atoms with E-state index in [2.05, 4.69) is 5.10 Å². The standard InChI is InChI=1S/C18H19N3O5/c1-24-9-8-20-10-14-16(15(11-20)18(23)26-3)19-21(17(14)22)12-4-6-13(25-2)7-5-12/h4-7,10-11H,8-9H2,1-3H3. The van der Waals surface area contributed by atoms with Crippen molar-refractivity contribution in [1.29, 1.82) is 0 Å². The van der Waals surface area contributed by atoms with Crippen molar-refractivity contribution in [2.24, 2.45) is 0 Å². The predicted octanol–water partition coefficient (Wildman–Crippen LogP) is 1.58. The number of hydrogen-bond acceptors (Lipinski definition) is 6. The summed E-state index contributed by atoms with van der Waals surface area (Å²) in [5.74, 6) is 0.117. The van der Waals surface area contributed by atoms with Crippen LogP contribution >= 0.6 is 0 Å². The van der Waals surface area contributed by atoms with E-state index in [0.29, 0.717) is 35.8 Å². The number of carbonyl (C=O) groups is 1. The van der Waals surface area contributed by atoms with Gasteiger partial charge in [-0.05, 0) is 24.3 Å². The molecule has 26 heavy (non-hydrogen) atoms. The van der Waals surface area contributed by atoms with Gasteiger partial charge in [0.2, 0.25) is 0 Å². The normalized spacial score (nSPS) is 10.9. The highest BCUT2D eigenvalue weighted by Gasteiger charge is 2.24. The number of hydrogen-bond donors (Lipinski definition) is 0. The lowest BCUT2D eigenvalue weighted by Gasteiger charge is -2.10. The molecule has 0 saturated heterocycles. The minimum Gasteiger partial charge on any atom is -0.497 e. The van der Waals surface area contributed by atoms with E-state index in [1.807, 2.05) is 0 Å². The van der Waals surface area contributed by atoms with E-state index in [0.717, 1.165) is 0 Å². The van der Waals surface area contributed by atoms with E-state index in [9.17, 15) is 9.59 Å². The maximum absolute atomic E-state index is 12.8. The molecule has 8 heteroatoms. The van der Waals surface area contributed by atoms with Crippen molar-refractivity contribution in [3.63, 3.8) is 0 Å². The highest BCUT2D eigenvalue weighted by atomic mass is 16.5. The first-order chi connectivity index (χ1) is 12.6. The zero-order valence-corrected chi connectivity index (χ0v) is 14.8. The van der Waals surface area contributed by atoms with Gasteiger partial charge in [0.25, 0.3) is 5.56 Å². The summed E-state index contributed by atoms with van der Waals surface area (Å²) in [7, 11) is 4.44. The summed E-state index contributed by atoms with van der Waals surface area (Å²) in [5, 5.41) is 4.35. The topological polar surface area (TPSA) is 84.6 Å². The fraction of sp³-hybridized carbons (Fsp3) is 0.278. The summed E-state index contributed by atoms with van der Waals surface area (Å²) >= 11 is 0. The fourth-order valence-electron chi connectivity index (χ4n) is 2.64. The molecule has 136 valence electrons. The van der Waals surface area contributed by atoms with Crippen LogP contribution < -0.4 is 10.3 Å². The SMILES string of the molecule is COCCn1cc(C(=O)OC)c2nn(-c3ccc(OC)cc3)c(=O)c-2c1. The highest BCUT2D eigenvalue weighted by molar-refractivity contribution is 5.96. The molecule has 0 radical (unpaired) electrons. The number of pyridine rings is 1. The number of benzene rings is 1. The van der Waals surface area contributed by atoms with Crippen LogP contribution in [0.2, 0.25) is 0 Å². The van der Waals surface area contributed by atoms with Crippen molar-refractivity contribution >= 4 is 5.97 Å². The summed E-state index contributed by atoms with van der Waals surface area (Å²) in [6.45, 7) is 0.932. The summed E-state index contributed by atoms with van der Waals surface area (Å²) in [6, 6.07) is 6.92. The van der Waals surface area contributed by atoms with Crippen molar-refractivity contribution in [2.75, 3.05) is 27.9 Å². The average molecular weight is 357 g/mol. The minimum absolute atomic E-state index is 0.227.